The lowest BCUT2D eigenvalue weighted by molar-refractivity contribution is -0.167. The third kappa shape index (κ3) is 4.80. The van der Waals surface area contributed by atoms with Crippen LogP contribution in [0, 0.1) is 35.5 Å². The van der Waals surface area contributed by atoms with Crippen molar-refractivity contribution in [2.24, 2.45) is 35.5 Å². The van der Waals surface area contributed by atoms with Crippen LogP contribution in [0.4, 0.5) is 0 Å². The molecule has 3 rings (SSSR count). The summed E-state index contributed by atoms with van der Waals surface area (Å²) in [6, 6.07) is 0. The summed E-state index contributed by atoms with van der Waals surface area (Å²) in [7, 11) is 0. The minimum Gasteiger partial charge on any atom is -0.466 e. The standard InChI is InChI=1S/C24H38O4/c1-3-27-23(25)21-19(17-11-7-5-8-12-17)15-16-20(18-13-9-6-10-14-18)22(21)24(26)28-4-2/h15-22H,3-14H2,1-2H3. The van der Waals surface area contributed by atoms with Crippen LogP contribution in [0.2, 0.25) is 0 Å². The summed E-state index contributed by atoms with van der Waals surface area (Å²) in [5.74, 6) is -0.00454. The molecule has 0 saturated heterocycles. The topological polar surface area (TPSA) is 52.6 Å². The Hall–Kier alpha value is -1.32. The van der Waals surface area contributed by atoms with Gasteiger partial charge in [0.1, 0.15) is 0 Å². The molecule has 28 heavy (non-hydrogen) atoms. The Morgan fingerprint density at radius 1 is 0.679 bits per heavy atom. The normalized spacial score (nSPS) is 32.1. The highest BCUT2D eigenvalue weighted by atomic mass is 16.5. The van der Waals surface area contributed by atoms with Crippen LogP contribution < -0.4 is 0 Å². The van der Waals surface area contributed by atoms with E-state index in [1.54, 1.807) is 0 Å². The van der Waals surface area contributed by atoms with Gasteiger partial charge >= 0.3 is 11.9 Å². The zero-order valence-electron chi connectivity index (χ0n) is 17.7. The van der Waals surface area contributed by atoms with Gasteiger partial charge in [-0.15, -0.1) is 0 Å². The van der Waals surface area contributed by atoms with Crippen LogP contribution in [-0.2, 0) is 19.1 Å². The van der Waals surface area contributed by atoms with Crippen LogP contribution in [0.1, 0.15) is 78.1 Å². The first-order chi connectivity index (χ1) is 13.7. The lowest BCUT2D eigenvalue weighted by Gasteiger charge is -2.44. The van der Waals surface area contributed by atoms with Crippen LogP contribution in [-0.4, -0.2) is 25.2 Å². The molecule has 0 N–H and O–H groups in total. The molecule has 0 amide bonds. The molecule has 4 atom stereocenters. The molecule has 2 saturated carbocycles. The van der Waals surface area contributed by atoms with Gasteiger partial charge in [-0.2, -0.15) is 0 Å². The fourth-order valence-electron chi connectivity index (χ4n) is 6.00. The summed E-state index contributed by atoms with van der Waals surface area (Å²) in [6.45, 7) is 4.43. The first kappa shape index (κ1) is 21.4. The van der Waals surface area contributed by atoms with Crippen molar-refractivity contribution in [1.29, 1.82) is 0 Å². The lowest BCUT2D eigenvalue weighted by atomic mass is 9.60. The molecule has 0 aromatic heterocycles. The molecule has 158 valence electrons. The molecule has 0 aliphatic heterocycles. The lowest BCUT2D eigenvalue weighted by Crippen LogP contribution is -2.47. The molecule has 3 aliphatic carbocycles. The molecule has 0 bridgehead atoms. The van der Waals surface area contributed by atoms with Gasteiger partial charge in [0.2, 0.25) is 0 Å². The van der Waals surface area contributed by atoms with Gasteiger partial charge in [-0.3, -0.25) is 9.59 Å². The third-order valence-electron chi connectivity index (χ3n) is 7.28. The average Bonchev–Trinajstić information content (AvgIpc) is 2.74. The zero-order chi connectivity index (χ0) is 19.9. The Morgan fingerprint density at radius 3 is 1.36 bits per heavy atom. The maximum absolute atomic E-state index is 13.1. The Kier molecular flexibility index (Phi) is 7.99. The Labute approximate surface area is 170 Å². The number of hydrogen-bond donors (Lipinski definition) is 0. The van der Waals surface area contributed by atoms with Gasteiger partial charge in [-0.25, -0.2) is 0 Å². The van der Waals surface area contributed by atoms with Crippen molar-refractivity contribution in [1.82, 2.24) is 0 Å². The molecule has 0 spiro atoms. The maximum atomic E-state index is 13.1. The number of hydrogen-bond acceptors (Lipinski definition) is 4. The van der Waals surface area contributed by atoms with E-state index in [1.165, 1.54) is 38.5 Å². The monoisotopic (exact) mass is 390 g/mol. The van der Waals surface area contributed by atoms with Gasteiger partial charge in [0.25, 0.3) is 0 Å². The SMILES string of the molecule is CCOC(=O)C1C(C2CCCCC2)C=CC(C2CCCCC2)C1C(=O)OCC. The van der Waals surface area contributed by atoms with E-state index < -0.39 is 0 Å². The summed E-state index contributed by atoms with van der Waals surface area (Å²) in [4.78, 5) is 26.3. The number of allylic oxidation sites excluding steroid dienone is 2. The van der Waals surface area contributed by atoms with Gasteiger partial charge < -0.3 is 9.47 Å². The highest BCUT2D eigenvalue weighted by Crippen LogP contribution is 2.48. The summed E-state index contributed by atoms with van der Waals surface area (Å²) >= 11 is 0. The van der Waals surface area contributed by atoms with Crippen molar-refractivity contribution in [2.45, 2.75) is 78.1 Å². The van der Waals surface area contributed by atoms with Crippen LogP contribution >= 0.6 is 0 Å². The number of carbonyl (C=O) groups excluding carboxylic acids is 2. The predicted molar refractivity (Wildman–Crippen MR) is 110 cm³/mol. The summed E-state index contributed by atoms with van der Waals surface area (Å²) < 4.78 is 11.0. The third-order valence-corrected chi connectivity index (χ3v) is 7.28. The molecule has 0 radical (unpaired) electrons. The Balaban J connectivity index is 1.94. The van der Waals surface area contributed by atoms with Crippen LogP contribution in [0.5, 0.6) is 0 Å². The van der Waals surface area contributed by atoms with Crippen molar-refractivity contribution in [3.63, 3.8) is 0 Å². The highest BCUT2D eigenvalue weighted by molar-refractivity contribution is 5.83. The quantitative estimate of drug-likeness (QED) is 0.456. The fraction of sp³-hybridized carbons (Fsp3) is 0.833. The van der Waals surface area contributed by atoms with E-state index in [0.717, 1.165) is 25.7 Å². The molecular formula is C24H38O4. The predicted octanol–water partition coefficient (Wildman–Crippen LogP) is 5.31. The van der Waals surface area contributed by atoms with E-state index in [4.69, 9.17) is 9.47 Å². The van der Waals surface area contributed by atoms with Gasteiger partial charge in [0.15, 0.2) is 0 Å². The molecule has 4 heteroatoms. The highest BCUT2D eigenvalue weighted by Gasteiger charge is 2.50. The smallest absolute Gasteiger partial charge is 0.310 e. The second kappa shape index (κ2) is 10.5. The van der Waals surface area contributed by atoms with Gasteiger partial charge in [0.05, 0.1) is 25.0 Å². The maximum Gasteiger partial charge on any atom is 0.310 e. The summed E-state index contributed by atoms with van der Waals surface area (Å²) in [6.07, 6.45) is 16.6. The molecular weight excluding hydrogens is 352 g/mol. The number of rotatable bonds is 6. The molecule has 3 aliphatic rings. The second-order valence-electron chi connectivity index (χ2n) is 8.89. The van der Waals surface area contributed by atoms with Gasteiger partial charge in [-0.1, -0.05) is 50.7 Å². The Bertz CT molecular complexity index is 495. The minimum atomic E-state index is -0.390. The van der Waals surface area contributed by atoms with Crippen LogP contribution in [0.3, 0.4) is 0 Å². The summed E-state index contributed by atoms with van der Waals surface area (Å²) in [5.41, 5.74) is 0. The van der Waals surface area contributed by atoms with E-state index in [2.05, 4.69) is 12.2 Å². The molecule has 0 heterocycles. The fourth-order valence-corrected chi connectivity index (χ4v) is 6.00. The average molecular weight is 391 g/mol. The van der Waals surface area contributed by atoms with Crippen molar-refractivity contribution in [3.8, 4) is 0 Å². The van der Waals surface area contributed by atoms with Crippen molar-refractivity contribution >= 4 is 11.9 Å². The first-order valence-corrected chi connectivity index (χ1v) is 11.7. The number of esters is 2. The van der Waals surface area contributed by atoms with Gasteiger partial charge in [0, 0.05) is 0 Å². The van der Waals surface area contributed by atoms with E-state index in [9.17, 15) is 9.59 Å². The molecule has 2 fully saturated rings. The van der Waals surface area contributed by atoms with Crippen LogP contribution in [0.25, 0.3) is 0 Å². The van der Waals surface area contributed by atoms with Crippen molar-refractivity contribution in [2.75, 3.05) is 13.2 Å². The molecule has 0 aromatic carbocycles. The van der Waals surface area contributed by atoms with Crippen molar-refractivity contribution < 1.29 is 19.1 Å². The molecule has 0 aromatic rings. The number of carbonyl (C=O) groups is 2. The summed E-state index contributed by atoms with van der Waals surface area (Å²) in [5, 5.41) is 0. The van der Waals surface area contributed by atoms with E-state index in [0.29, 0.717) is 25.0 Å². The number of ether oxygens (including phenoxy) is 2. The second-order valence-corrected chi connectivity index (χ2v) is 8.89. The van der Waals surface area contributed by atoms with E-state index in [1.807, 2.05) is 13.8 Å². The van der Waals surface area contributed by atoms with Crippen LogP contribution in [0.15, 0.2) is 12.2 Å². The first-order valence-electron chi connectivity index (χ1n) is 11.7. The van der Waals surface area contributed by atoms with Gasteiger partial charge in [-0.05, 0) is 63.2 Å². The minimum absolute atomic E-state index is 0.105. The molecule has 4 nitrogen and oxygen atoms in total. The largest absolute Gasteiger partial charge is 0.466 e. The molecule has 4 unspecified atom stereocenters. The van der Waals surface area contributed by atoms with E-state index >= 15 is 0 Å². The van der Waals surface area contributed by atoms with Crippen molar-refractivity contribution in [3.05, 3.63) is 12.2 Å². The van der Waals surface area contributed by atoms with E-state index in [-0.39, 0.29) is 35.6 Å². The zero-order valence-corrected chi connectivity index (χ0v) is 17.7. The Morgan fingerprint density at radius 2 is 1.04 bits per heavy atom.